The van der Waals surface area contributed by atoms with Gasteiger partial charge in [-0.2, -0.15) is 0 Å². The van der Waals surface area contributed by atoms with E-state index in [2.05, 4.69) is 19.9 Å². The molecule has 0 spiro atoms. The molecule has 0 saturated heterocycles. The quantitative estimate of drug-likeness (QED) is 0.877. The summed E-state index contributed by atoms with van der Waals surface area (Å²) in [6.07, 6.45) is 0. The summed E-state index contributed by atoms with van der Waals surface area (Å²) in [7, 11) is 0. The number of para-hydroxylation sites is 1. The Morgan fingerprint density at radius 3 is 2.22 bits per heavy atom. The highest BCUT2D eigenvalue weighted by Crippen LogP contribution is 2.29. The van der Waals surface area contributed by atoms with Crippen LogP contribution in [0.4, 0.5) is 0 Å². The third-order valence-electron chi connectivity index (χ3n) is 2.83. The Labute approximate surface area is 108 Å². The number of rotatable bonds is 3. The topological polar surface area (TPSA) is 35.2 Å². The molecule has 0 aliphatic rings. The average molecular weight is 241 g/mol. The maximum Gasteiger partial charge on any atom is 0.132 e. The lowest BCUT2D eigenvalue weighted by atomic mass is 10.1. The van der Waals surface area contributed by atoms with E-state index in [0.717, 1.165) is 17.1 Å². The van der Waals surface area contributed by atoms with E-state index in [4.69, 9.17) is 10.5 Å². The summed E-state index contributed by atoms with van der Waals surface area (Å²) in [5.41, 5.74) is 9.37. The van der Waals surface area contributed by atoms with E-state index >= 15 is 0 Å². The van der Waals surface area contributed by atoms with Crippen LogP contribution in [0.5, 0.6) is 11.5 Å². The van der Waals surface area contributed by atoms with E-state index in [0.29, 0.717) is 0 Å². The third kappa shape index (κ3) is 2.90. The molecule has 0 unspecified atom stereocenters. The Bertz CT molecular complexity index is 526. The van der Waals surface area contributed by atoms with Gasteiger partial charge in [0.1, 0.15) is 11.5 Å². The van der Waals surface area contributed by atoms with Gasteiger partial charge in [0.15, 0.2) is 0 Å². The van der Waals surface area contributed by atoms with Crippen LogP contribution in [0, 0.1) is 13.8 Å². The van der Waals surface area contributed by atoms with Crippen LogP contribution in [0.25, 0.3) is 0 Å². The molecule has 0 radical (unpaired) electrons. The normalized spacial score (nSPS) is 12.2. The van der Waals surface area contributed by atoms with Crippen LogP contribution in [0.2, 0.25) is 0 Å². The Morgan fingerprint density at radius 2 is 1.61 bits per heavy atom. The fraction of sp³-hybridized carbons (Fsp3) is 0.250. The second-order valence-electron chi connectivity index (χ2n) is 4.75. The summed E-state index contributed by atoms with van der Waals surface area (Å²) in [5.74, 6) is 1.69. The fourth-order valence-electron chi connectivity index (χ4n) is 2.07. The molecule has 0 bridgehead atoms. The van der Waals surface area contributed by atoms with Gasteiger partial charge in [-0.05, 0) is 50.1 Å². The van der Waals surface area contributed by atoms with Gasteiger partial charge in [0.2, 0.25) is 0 Å². The van der Waals surface area contributed by atoms with Crippen molar-refractivity contribution in [3.8, 4) is 11.5 Å². The molecular formula is C16H19NO. The van der Waals surface area contributed by atoms with Gasteiger partial charge >= 0.3 is 0 Å². The van der Waals surface area contributed by atoms with Crippen LogP contribution in [-0.2, 0) is 0 Å². The van der Waals surface area contributed by atoms with Gasteiger partial charge in [-0.25, -0.2) is 0 Å². The minimum Gasteiger partial charge on any atom is -0.457 e. The molecule has 2 aromatic carbocycles. The first-order valence-electron chi connectivity index (χ1n) is 6.17. The summed E-state index contributed by atoms with van der Waals surface area (Å²) >= 11 is 0. The first-order valence-corrected chi connectivity index (χ1v) is 6.17. The Balaban J connectivity index is 2.34. The van der Waals surface area contributed by atoms with Gasteiger partial charge in [0.05, 0.1) is 0 Å². The first kappa shape index (κ1) is 12.7. The molecule has 0 aliphatic heterocycles. The highest BCUT2D eigenvalue weighted by atomic mass is 16.5. The van der Waals surface area contributed by atoms with Crippen molar-refractivity contribution < 1.29 is 4.74 Å². The van der Waals surface area contributed by atoms with Crippen molar-refractivity contribution in [2.45, 2.75) is 26.8 Å². The highest BCUT2D eigenvalue weighted by Gasteiger charge is 2.08. The minimum atomic E-state index is -0.0351. The Kier molecular flexibility index (Phi) is 3.68. The van der Waals surface area contributed by atoms with Crippen molar-refractivity contribution in [2.24, 2.45) is 5.73 Å². The molecule has 0 aromatic heterocycles. The molecule has 0 saturated carbocycles. The van der Waals surface area contributed by atoms with Crippen molar-refractivity contribution in [3.05, 3.63) is 59.2 Å². The summed E-state index contributed by atoms with van der Waals surface area (Å²) in [6.45, 7) is 6.10. The van der Waals surface area contributed by atoms with Crippen LogP contribution in [0.3, 0.4) is 0 Å². The van der Waals surface area contributed by atoms with E-state index in [1.165, 1.54) is 11.1 Å². The Morgan fingerprint density at radius 1 is 1.00 bits per heavy atom. The SMILES string of the molecule is Cc1cc(C)cc(Oc2ccccc2[C@@H](C)N)c1. The molecule has 2 nitrogen and oxygen atoms in total. The molecule has 2 heteroatoms. The molecule has 18 heavy (non-hydrogen) atoms. The summed E-state index contributed by atoms with van der Waals surface area (Å²) in [5, 5.41) is 0. The molecule has 2 rings (SSSR count). The van der Waals surface area contributed by atoms with Gasteiger partial charge in [0, 0.05) is 11.6 Å². The monoisotopic (exact) mass is 241 g/mol. The van der Waals surface area contributed by atoms with Gasteiger partial charge in [-0.3, -0.25) is 0 Å². The molecule has 1 atom stereocenters. The molecule has 0 fully saturated rings. The van der Waals surface area contributed by atoms with Crippen LogP contribution in [0.1, 0.15) is 29.7 Å². The van der Waals surface area contributed by atoms with Crippen LogP contribution >= 0.6 is 0 Å². The van der Waals surface area contributed by atoms with E-state index < -0.39 is 0 Å². The number of hydrogen-bond acceptors (Lipinski definition) is 2. The predicted molar refractivity (Wildman–Crippen MR) is 75.0 cm³/mol. The second kappa shape index (κ2) is 5.23. The van der Waals surface area contributed by atoms with Gasteiger partial charge in [-0.15, -0.1) is 0 Å². The summed E-state index contributed by atoms with van der Waals surface area (Å²) < 4.78 is 5.95. The molecule has 2 N–H and O–H groups in total. The molecule has 0 heterocycles. The van der Waals surface area contributed by atoms with Crippen molar-refractivity contribution in [3.63, 3.8) is 0 Å². The van der Waals surface area contributed by atoms with Crippen LogP contribution in [-0.4, -0.2) is 0 Å². The maximum atomic E-state index is 5.95. The largest absolute Gasteiger partial charge is 0.457 e. The van der Waals surface area contributed by atoms with Gasteiger partial charge in [-0.1, -0.05) is 24.3 Å². The predicted octanol–water partition coefficient (Wildman–Crippen LogP) is 4.12. The van der Waals surface area contributed by atoms with E-state index in [1.54, 1.807) is 0 Å². The maximum absolute atomic E-state index is 5.95. The number of hydrogen-bond donors (Lipinski definition) is 1. The van der Waals surface area contributed by atoms with E-state index in [9.17, 15) is 0 Å². The highest BCUT2D eigenvalue weighted by molar-refractivity contribution is 5.41. The molecule has 94 valence electrons. The number of ether oxygens (including phenoxy) is 1. The van der Waals surface area contributed by atoms with Gasteiger partial charge < -0.3 is 10.5 Å². The van der Waals surface area contributed by atoms with Gasteiger partial charge in [0.25, 0.3) is 0 Å². The van der Waals surface area contributed by atoms with Crippen LogP contribution in [0.15, 0.2) is 42.5 Å². The zero-order chi connectivity index (χ0) is 13.1. The minimum absolute atomic E-state index is 0.0351. The standard InChI is InChI=1S/C16H19NO/c1-11-8-12(2)10-14(9-11)18-16-7-5-4-6-15(16)13(3)17/h4-10,13H,17H2,1-3H3/t13-/m1/s1. The number of aryl methyl sites for hydroxylation is 2. The smallest absolute Gasteiger partial charge is 0.132 e. The number of benzene rings is 2. The summed E-state index contributed by atoms with van der Waals surface area (Å²) in [4.78, 5) is 0. The average Bonchev–Trinajstić information content (AvgIpc) is 2.27. The molecule has 2 aromatic rings. The zero-order valence-corrected chi connectivity index (χ0v) is 11.1. The fourth-order valence-corrected chi connectivity index (χ4v) is 2.07. The lowest BCUT2D eigenvalue weighted by Crippen LogP contribution is -2.06. The third-order valence-corrected chi connectivity index (χ3v) is 2.83. The number of nitrogens with two attached hydrogens (primary N) is 1. The van der Waals surface area contributed by atoms with Crippen LogP contribution < -0.4 is 10.5 Å². The lowest BCUT2D eigenvalue weighted by molar-refractivity contribution is 0.471. The van der Waals surface area contributed by atoms with E-state index in [1.807, 2.05) is 43.3 Å². The lowest BCUT2D eigenvalue weighted by Gasteiger charge is -2.14. The van der Waals surface area contributed by atoms with Crippen molar-refractivity contribution in [2.75, 3.05) is 0 Å². The summed E-state index contributed by atoms with van der Waals surface area (Å²) in [6, 6.07) is 14.1. The zero-order valence-electron chi connectivity index (χ0n) is 11.1. The molecular weight excluding hydrogens is 222 g/mol. The van der Waals surface area contributed by atoms with E-state index in [-0.39, 0.29) is 6.04 Å². The Hall–Kier alpha value is -1.80. The van der Waals surface area contributed by atoms with Crippen molar-refractivity contribution in [1.82, 2.24) is 0 Å². The molecule has 0 aliphatic carbocycles. The molecule has 0 amide bonds. The first-order chi connectivity index (χ1) is 8.56. The van der Waals surface area contributed by atoms with Crippen molar-refractivity contribution in [1.29, 1.82) is 0 Å². The second-order valence-corrected chi connectivity index (χ2v) is 4.75. The van der Waals surface area contributed by atoms with Crippen molar-refractivity contribution >= 4 is 0 Å².